The van der Waals surface area contributed by atoms with E-state index in [4.69, 9.17) is 13.9 Å². The fraction of sp³-hybridized carbons (Fsp3) is 0.0952. The van der Waals surface area contributed by atoms with Crippen LogP contribution in [0.15, 0.2) is 76.4 Å². The Bertz CT molecular complexity index is 1120. The molecule has 29 heavy (non-hydrogen) atoms. The molecule has 0 spiro atoms. The van der Waals surface area contributed by atoms with Gasteiger partial charge in [-0.15, -0.1) is 0 Å². The van der Waals surface area contributed by atoms with Crippen molar-refractivity contribution in [1.82, 2.24) is 4.98 Å². The first kappa shape index (κ1) is 18.7. The third kappa shape index (κ3) is 4.44. The molecule has 0 aliphatic heterocycles. The van der Waals surface area contributed by atoms with Gasteiger partial charge < -0.3 is 13.9 Å². The zero-order valence-electron chi connectivity index (χ0n) is 15.5. The van der Waals surface area contributed by atoms with E-state index in [9.17, 15) is 4.79 Å². The lowest BCUT2D eigenvalue weighted by molar-refractivity contribution is -0.120. The number of rotatable bonds is 7. The van der Waals surface area contributed by atoms with Crippen LogP contribution in [0.5, 0.6) is 11.5 Å². The highest BCUT2D eigenvalue weighted by Gasteiger charge is 2.20. The van der Waals surface area contributed by atoms with Crippen molar-refractivity contribution in [3.8, 4) is 11.5 Å². The molecule has 2 heterocycles. The monoisotopic (exact) mass is 407 g/mol. The van der Waals surface area contributed by atoms with E-state index in [0.29, 0.717) is 16.6 Å². The van der Waals surface area contributed by atoms with E-state index in [1.54, 1.807) is 31.4 Å². The third-order valence-electron chi connectivity index (χ3n) is 3.95. The molecule has 2 aromatic heterocycles. The van der Waals surface area contributed by atoms with Crippen molar-refractivity contribution in [1.29, 1.82) is 0 Å². The summed E-state index contributed by atoms with van der Waals surface area (Å²) in [5.74, 6) is 1.49. The summed E-state index contributed by atoms with van der Waals surface area (Å²) in [4.78, 5) is 17.4. The molecular weight excluding hydrogens is 390 g/mol. The van der Waals surface area contributed by atoms with Gasteiger partial charge >= 0.3 is 0 Å². The Hall–Kier alpha value is -3.65. The summed E-state index contributed by atoms with van der Waals surface area (Å²) in [6.45, 7) is -0.182. The Morgan fingerprint density at radius 2 is 2.03 bits per heavy atom. The first-order chi connectivity index (χ1) is 14.2. The standard InChI is InChI=1S/C21H17N3O4S/c1-26-16-9-10-18-19(12-16)29-21(23-18)24(22-13-17-8-5-11-27-17)20(25)14-28-15-6-3-2-4-7-15/h2-13H,14H2,1H3/b22-13-. The molecule has 4 rings (SSSR count). The number of aromatic nitrogens is 1. The van der Waals surface area contributed by atoms with E-state index in [1.165, 1.54) is 28.8 Å². The molecule has 0 aliphatic carbocycles. The lowest BCUT2D eigenvalue weighted by Crippen LogP contribution is -2.30. The van der Waals surface area contributed by atoms with Crippen molar-refractivity contribution in [2.45, 2.75) is 0 Å². The van der Waals surface area contributed by atoms with Gasteiger partial charge in [0, 0.05) is 0 Å². The zero-order chi connectivity index (χ0) is 20.1. The highest BCUT2D eigenvalue weighted by Crippen LogP contribution is 2.31. The van der Waals surface area contributed by atoms with Gasteiger partial charge in [0.05, 0.1) is 29.8 Å². The SMILES string of the molecule is COc1ccc2nc(N(/N=C\c3ccco3)C(=O)COc3ccccc3)sc2c1. The number of benzene rings is 2. The molecule has 2 aromatic carbocycles. The summed E-state index contributed by atoms with van der Waals surface area (Å²) in [5.41, 5.74) is 0.751. The highest BCUT2D eigenvalue weighted by atomic mass is 32.1. The molecule has 0 atom stereocenters. The predicted molar refractivity (Wildman–Crippen MR) is 112 cm³/mol. The minimum absolute atomic E-state index is 0.182. The average Bonchev–Trinajstić information content (AvgIpc) is 3.42. The van der Waals surface area contributed by atoms with Gasteiger partial charge in [-0.1, -0.05) is 29.5 Å². The molecule has 0 N–H and O–H groups in total. The van der Waals surface area contributed by atoms with Gasteiger partial charge in [-0.3, -0.25) is 4.79 Å². The lowest BCUT2D eigenvalue weighted by Gasteiger charge is -2.14. The number of hydrogen-bond acceptors (Lipinski definition) is 7. The van der Waals surface area contributed by atoms with Crippen LogP contribution in [-0.4, -0.2) is 30.8 Å². The summed E-state index contributed by atoms with van der Waals surface area (Å²) in [6.07, 6.45) is 3.00. The van der Waals surface area contributed by atoms with Crippen LogP contribution in [0.25, 0.3) is 10.2 Å². The topological polar surface area (TPSA) is 77.2 Å². The summed E-state index contributed by atoms with van der Waals surface area (Å²) in [5, 5.41) is 5.94. The summed E-state index contributed by atoms with van der Waals surface area (Å²) < 4.78 is 17.0. The molecule has 4 aromatic rings. The summed E-state index contributed by atoms with van der Waals surface area (Å²) in [7, 11) is 1.60. The molecule has 0 aliphatic rings. The smallest absolute Gasteiger partial charge is 0.287 e. The van der Waals surface area contributed by atoms with E-state index < -0.39 is 0 Å². The van der Waals surface area contributed by atoms with E-state index in [2.05, 4.69) is 10.1 Å². The zero-order valence-corrected chi connectivity index (χ0v) is 16.3. The average molecular weight is 407 g/mol. The number of nitrogens with zero attached hydrogens (tertiary/aromatic N) is 3. The van der Waals surface area contributed by atoms with E-state index in [1.807, 2.05) is 36.4 Å². The molecule has 8 heteroatoms. The first-order valence-electron chi connectivity index (χ1n) is 8.76. The Morgan fingerprint density at radius 1 is 1.17 bits per heavy atom. The first-order valence-corrected chi connectivity index (χ1v) is 9.57. The Kier molecular flexibility index (Phi) is 5.53. The number of furan rings is 1. The number of carbonyl (C=O) groups is 1. The van der Waals surface area contributed by atoms with Crippen molar-refractivity contribution in [2.75, 3.05) is 18.7 Å². The van der Waals surface area contributed by atoms with Crippen molar-refractivity contribution < 1.29 is 18.7 Å². The minimum atomic E-state index is -0.359. The summed E-state index contributed by atoms with van der Waals surface area (Å²) >= 11 is 1.34. The quantitative estimate of drug-likeness (QED) is 0.336. The van der Waals surface area contributed by atoms with Gasteiger partial charge in [-0.25, -0.2) is 4.98 Å². The van der Waals surface area contributed by atoms with E-state index in [0.717, 1.165) is 16.0 Å². The minimum Gasteiger partial charge on any atom is -0.497 e. The molecule has 0 fully saturated rings. The van der Waals surface area contributed by atoms with Gasteiger partial charge in [-0.2, -0.15) is 10.1 Å². The number of carbonyl (C=O) groups excluding carboxylic acids is 1. The molecule has 0 saturated carbocycles. The Morgan fingerprint density at radius 3 is 2.79 bits per heavy atom. The maximum absolute atomic E-state index is 12.9. The second-order valence-electron chi connectivity index (χ2n) is 5.90. The maximum atomic E-state index is 12.9. The molecule has 0 unspecified atom stereocenters. The van der Waals surface area contributed by atoms with Crippen molar-refractivity contribution in [3.63, 3.8) is 0 Å². The van der Waals surface area contributed by atoms with Crippen LogP contribution in [0.2, 0.25) is 0 Å². The van der Waals surface area contributed by atoms with Crippen LogP contribution in [0.4, 0.5) is 5.13 Å². The molecule has 146 valence electrons. The van der Waals surface area contributed by atoms with Gasteiger partial charge in [0.25, 0.3) is 5.91 Å². The number of hydrogen-bond donors (Lipinski definition) is 0. The molecule has 0 radical (unpaired) electrons. The molecular formula is C21H17N3O4S. The van der Waals surface area contributed by atoms with Crippen molar-refractivity contribution >= 4 is 38.8 Å². The van der Waals surface area contributed by atoms with Crippen LogP contribution < -0.4 is 14.5 Å². The number of hydrazone groups is 1. The summed E-state index contributed by atoms with van der Waals surface area (Å²) in [6, 6.07) is 18.2. The lowest BCUT2D eigenvalue weighted by atomic mass is 10.3. The number of ether oxygens (including phenoxy) is 2. The number of para-hydroxylation sites is 1. The number of fused-ring (bicyclic) bond motifs is 1. The van der Waals surface area contributed by atoms with Crippen LogP contribution in [0.3, 0.4) is 0 Å². The number of methoxy groups -OCH3 is 1. The number of amides is 1. The van der Waals surface area contributed by atoms with E-state index in [-0.39, 0.29) is 12.5 Å². The highest BCUT2D eigenvalue weighted by molar-refractivity contribution is 7.22. The number of anilines is 1. The number of thiazole rings is 1. The normalized spacial score (nSPS) is 11.1. The maximum Gasteiger partial charge on any atom is 0.287 e. The second-order valence-corrected chi connectivity index (χ2v) is 6.91. The van der Waals surface area contributed by atoms with Crippen molar-refractivity contribution in [3.05, 3.63) is 72.7 Å². The Labute approximate surface area is 170 Å². The van der Waals surface area contributed by atoms with E-state index >= 15 is 0 Å². The third-order valence-corrected chi connectivity index (χ3v) is 4.94. The molecule has 7 nitrogen and oxygen atoms in total. The van der Waals surface area contributed by atoms with Gasteiger partial charge in [-0.05, 0) is 42.5 Å². The van der Waals surface area contributed by atoms with Crippen LogP contribution >= 0.6 is 11.3 Å². The van der Waals surface area contributed by atoms with Crippen LogP contribution in [0, 0.1) is 0 Å². The molecule has 0 saturated heterocycles. The molecule has 0 bridgehead atoms. The Balaban J connectivity index is 1.61. The fourth-order valence-electron chi connectivity index (χ4n) is 2.53. The predicted octanol–water partition coefficient (Wildman–Crippen LogP) is 4.34. The van der Waals surface area contributed by atoms with Gasteiger partial charge in [0.1, 0.15) is 17.3 Å². The van der Waals surface area contributed by atoms with Crippen molar-refractivity contribution in [2.24, 2.45) is 5.10 Å². The fourth-order valence-corrected chi connectivity index (χ4v) is 3.50. The van der Waals surface area contributed by atoms with Crippen LogP contribution in [0.1, 0.15) is 5.76 Å². The van der Waals surface area contributed by atoms with Crippen LogP contribution in [-0.2, 0) is 4.79 Å². The second kappa shape index (κ2) is 8.57. The van der Waals surface area contributed by atoms with Gasteiger partial charge in [0.2, 0.25) is 5.13 Å². The molecule has 1 amide bonds. The largest absolute Gasteiger partial charge is 0.497 e. The van der Waals surface area contributed by atoms with Gasteiger partial charge in [0.15, 0.2) is 6.61 Å².